The van der Waals surface area contributed by atoms with Crippen LogP contribution in [0.3, 0.4) is 0 Å². The van der Waals surface area contributed by atoms with Gasteiger partial charge in [-0.25, -0.2) is 0 Å². The van der Waals surface area contributed by atoms with E-state index in [1.54, 1.807) is 30.3 Å². The van der Waals surface area contributed by atoms with Gasteiger partial charge in [0.25, 0.3) is 0 Å². The van der Waals surface area contributed by atoms with Gasteiger partial charge in [0.15, 0.2) is 0 Å². The molecule has 1 saturated carbocycles. The Morgan fingerprint density at radius 2 is 1.37 bits per heavy atom. The third kappa shape index (κ3) is 2.14. The minimum Gasteiger partial charge on any atom is -0.336 e. The number of halogens is 3. The van der Waals surface area contributed by atoms with Gasteiger partial charge in [0.1, 0.15) is 5.41 Å². The largest absolute Gasteiger partial charge is 0.401 e. The van der Waals surface area contributed by atoms with Crippen molar-refractivity contribution in [3.05, 3.63) is 108 Å². The van der Waals surface area contributed by atoms with E-state index >= 15 is 0 Å². The third-order valence-corrected chi connectivity index (χ3v) is 6.70. The van der Waals surface area contributed by atoms with Crippen molar-refractivity contribution in [3.63, 3.8) is 0 Å². The molecule has 0 saturated heterocycles. The van der Waals surface area contributed by atoms with E-state index < -0.39 is 23.6 Å². The molecule has 2 aliphatic rings. The molecule has 1 aliphatic heterocycles. The summed E-state index contributed by atoms with van der Waals surface area (Å²) in [6.07, 6.45) is -4.35. The van der Waals surface area contributed by atoms with Crippen LogP contribution in [0.2, 0.25) is 0 Å². The van der Waals surface area contributed by atoms with Crippen LogP contribution in [0.4, 0.5) is 24.5 Å². The average molecular weight is 401 g/mol. The van der Waals surface area contributed by atoms with Gasteiger partial charge in [0.05, 0.1) is 6.04 Å². The van der Waals surface area contributed by atoms with Crippen molar-refractivity contribution < 1.29 is 13.2 Å². The second kappa shape index (κ2) is 5.88. The summed E-state index contributed by atoms with van der Waals surface area (Å²) in [5, 5.41) is 2.10. The van der Waals surface area contributed by atoms with Crippen LogP contribution < -0.4 is 4.90 Å². The molecule has 4 aromatic rings. The molecule has 0 aromatic heterocycles. The Balaban J connectivity index is 1.58. The van der Waals surface area contributed by atoms with Crippen LogP contribution >= 0.6 is 0 Å². The van der Waals surface area contributed by atoms with Crippen LogP contribution in [0, 0.1) is 0 Å². The lowest BCUT2D eigenvalue weighted by Gasteiger charge is -2.32. The van der Waals surface area contributed by atoms with E-state index in [1.165, 1.54) is 0 Å². The summed E-state index contributed by atoms with van der Waals surface area (Å²) in [7, 11) is 0. The van der Waals surface area contributed by atoms with Gasteiger partial charge < -0.3 is 4.90 Å². The van der Waals surface area contributed by atoms with E-state index in [2.05, 4.69) is 0 Å². The molecule has 0 N–H and O–H groups in total. The maximum absolute atomic E-state index is 14.7. The zero-order chi connectivity index (χ0) is 20.5. The van der Waals surface area contributed by atoms with E-state index in [1.807, 2.05) is 71.6 Å². The highest BCUT2D eigenvalue weighted by atomic mass is 19.4. The number of anilines is 2. The first-order valence-corrected chi connectivity index (χ1v) is 10.0. The van der Waals surface area contributed by atoms with Gasteiger partial charge in [-0.05, 0) is 40.1 Å². The summed E-state index contributed by atoms with van der Waals surface area (Å²) in [5.41, 5.74) is 0.896. The maximum atomic E-state index is 14.7. The molecule has 0 unspecified atom stereocenters. The summed E-state index contributed by atoms with van der Waals surface area (Å²) < 4.78 is 44.1. The third-order valence-electron chi connectivity index (χ3n) is 6.70. The first-order valence-electron chi connectivity index (χ1n) is 10.0. The SMILES string of the molecule is FC(F)(F)[C@]1(c2ccccc2)[C@H]2c3ccccc3N(c3ccc4ccccc4c3)[C@H]21. The smallest absolute Gasteiger partial charge is 0.336 e. The molecule has 148 valence electrons. The van der Waals surface area contributed by atoms with Crippen molar-refractivity contribution in [2.45, 2.75) is 23.6 Å². The highest BCUT2D eigenvalue weighted by Gasteiger charge is 2.83. The Bertz CT molecular complexity index is 1260. The first kappa shape index (κ1) is 17.6. The van der Waals surface area contributed by atoms with Crippen molar-refractivity contribution in [1.82, 2.24) is 0 Å². The molecule has 0 radical (unpaired) electrons. The minimum absolute atomic E-state index is 0.341. The Kier molecular flexibility index (Phi) is 3.45. The van der Waals surface area contributed by atoms with Crippen molar-refractivity contribution in [1.29, 1.82) is 0 Å². The fraction of sp³-hybridized carbons (Fsp3) is 0.154. The van der Waals surface area contributed by atoms with Crippen LogP contribution in [0.25, 0.3) is 10.8 Å². The highest BCUT2D eigenvalue weighted by molar-refractivity contribution is 5.89. The minimum atomic E-state index is -4.35. The molecule has 4 aromatic carbocycles. The van der Waals surface area contributed by atoms with Gasteiger partial charge in [0, 0.05) is 17.3 Å². The van der Waals surface area contributed by atoms with Crippen LogP contribution in [-0.2, 0) is 5.41 Å². The highest BCUT2D eigenvalue weighted by Crippen LogP contribution is 2.75. The fourth-order valence-electron chi connectivity index (χ4n) is 5.46. The summed E-state index contributed by atoms with van der Waals surface area (Å²) in [6.45, 7) is 0. The Morgan fingerprint density at radius 1 is 0.700 bits per heavy atom. The fourth-order valence-corrected chi connectivity index (χ4v) is 5.46. The second-order valence-electron chi connectivity index (χ2n) is 8.12. The topological polar surface area (TPSA) is 3.24 Å². The quantitative estimate of drug-likeness (QED) is 0.351. The first-order chi connectivity index (χ1) is 14.5. The number of hydrogen-bond acceptors (Lipinski definition) is 1. The number of hydrogen-bond donors (Lipinski definition) is 0. The summed E-state index contributed by atoms with van der Waals surface area (Å²) in [5.74, 6) is -0.609. The van der Waals surface area contributed by atoms with Crippen LogP contribution in [0.15, 0.2) is 97.1 Å². The Morgan fingerprint density at radius 3 is 2.13 bits per heavy atom. The molecule has 1 fully saturated rings. The lowest BCUT2D eigenvalue weighted by Crippen LogP contribution is -2.39. The van der Waals surface area contributed by atoms with Gasteiger partial charge >= 0.3 is 6.18 Å². The maximum Gasteiger partial charge on any atom is 0.401 e. The molecule has 0 spiro atoms. The van der Waals surface area contributed by atoms with Crippen LogP contribution in [0.1, 0.15) is 17.0 Å². The Labute approximate surface area is 172 Å². The predicted octanol–water partition coefficient (Wildman–Crippen LogP) is 6.96. The lowest BCUT2D eigenvalue weighted by molar-refractivity contribution is -0.163. The van der Waals surface area contributed by atoms with Crippen LogP contribution in [0.5, 0.6) is 0 Å². The zero-order valence-electron chi connectivity index (χ0n) is 16.0. The van der Waals surface area contributed by atoms with E-state index in [4.69, 9.17) is 0 Å². The van der Waals surface area contributed by atoms with Crippen molar-refractivity contribution in [2.75, 3.05) is 4.90 Å². The number of para-hydroxylation sites is 1. The average Bonchev–Trinajstić information content (AvgIpc) is 3.35. The van der Waals surface area contributed by atoms with E-state index in [0.29, 0.717) is 5.56 Å². The van der Waals surface area contributed by atoms with Crippen molar-refractivity contribution in [2.24, 2.45) is 0 Å². The van der Waals surface area contributed by atoms with E-state index in [0.717, 1.165) is 27.7 Å². The molecular weight excluding hydrogens is 383 g/mol. The second-order valence-corrected chi connectivity index (χ2v) is 8.12. The number of rotatable bonds is 2. The number of benzene rings is 4. The molecule has 0 bridgehead atoms. The van der Waals surface area contributed by atoms with E-state index in [9.17, 15) is 13.2 Å². The molecule has 1 aliphatic carbocycles. The molecule has 0 amide bonds. The molecule has 3 atom stereocenters. The summed E-state index contributed by atoms with van der Waals surface area (Å²) >= 11 is 0. The predicted molar refractivity (Wildman–Crippen MR) is 113 cm³/mol. The number of alkyl halides is 3. The number of fused-ring (bicyclic) bond motifs is 4. The number of nitrogens with zero attached hydrogens (tertiary/aromatic N) is 1. The molecule has 6 rings (SSSR count). The van der Waals surface area contributed by atoms with Gasteiger partial charge in [0.2, 0.25) is 0 Å². The molecule has 1 heterocycles. The van der Waals surface area contributed by atoms with E-state index in [-0.39, 0.29) is 0 Å². The van der Waals surface area contributed by atoms with Gasteiger partial charge in [-0.3, -0.25) is 0 Å². The standard InChI is InChI=1S/C26H18F3N/c27-26(28,29)25(19-10-2-1-3-11-19)23-21-12-6-7-13-22(21)30(24(23)25)20-15-14-17-8-4-5-9-18(17)16-20/h1-16,23-24H/t23-,24+,25+/m0/s1. The molecule has 30 heavy (non-hydrogen) atoms. The molecule has 4 heteroatoms. The monoisotopic (exact) mass is 401 g/mol. The van der Waals surface area contributed by atoms with Gasteiger partial charge in [-0.2, -0.15) is 13.2 Å². The normalized spacial score (nSPS) is 24.6. The van der Waals surface area contributed by atoms with Crippen LogP contribution in [-0.4, -0.2) is 12.2 Å². The summed E-state index contributed by atoms with van der Waals surface area (Å²) in [6, 6.07) is 29.1. The van der Waals surface area contributed by atoms with Crippen molar-refractivity contribution in [3.8, 4) is 0 Å². The molecule has 1 nitrogen and oxygen atoms in total. The zero-order valence-corrected chi connectivity index (χ0v) is 16.0. The lowest BCUT2D eigenvalue weighted by atomic mass is 9.87. The van der Waals surface area contributed by atoms with Gasteiger partial charge in [-0.15, -0.1) is 0 Å². The van der Waals surface area contributed by atoms with Crippen molar-refractivity contribution >= 4 is 22.1 Å². The summed E-state index contributed by atoms with van der Waals surface area (Å²) in [4.78, 5) is 1.91. The molecular formula is C26H18F3N. The Hall–Kier alpha value is -3.27. The van der Waals surface area contributed by atoms with Gasteiger partial charge in [-0.1, -0.05) is 78.9 Å².